The SMILES string of the molecule is COc1cc(O)cc2c1N(C)C(=O)C2. The summed E-state index contributed by atoms with van der Waals surface area (Å²) in [5.41, 5.74) is 1.57. The number of phenols is 1. The minimum absolute atomic E-state index is 0.0175. The number of likely N-dealkylation sites (N-methyl/N-ethyl adjacent to an activating group) is 1. The van der Waals surface area contributed by atoms with E-state index in [0.29, 0.717) is 12.2 Å². The Bertz CT molecular complexity index is 401. The van der Waals surface area contributed by atoms with Gasteiger partial charge in [0, 0.05) is 13.1 Å². The normalized spacial score (nSPS) is 14.4. The molecule has 1 heterocycles. The van der Waals surface area contributed by atoms with Crippen LogP contribution in [0, 0.1) is 0 Å². The second-order valence-electron chi connectivity index (χ2n) is 3.29. The van der Waals surface area contributed by atoms with Gasteiger partial charge in [0.2, 0.25) is 5.91 Å². The standard InChI is InChI=1S/C10H11NO3/c1-11-9(13)4-6-3-7(12)5-8(14-2)10(6)11/h3,5,12H,4H2,1-2H3. The number of carbonyl (C=O) groups is 1. The second kappa shape index (κ2) is 2.90. The van der Waals surface area contributed by atoms with E-state index in [1.54, 1.807) is 18.0 Å². The first-order valence-corrected chi connectivity index (χ1v) is 4.30. The zero-order valence-corrected chi connectivity index (χ0v) is 8.07. The molecule has 0 radical (unpaired) electrons. The number of nitrogens with zero attached hydrogens (tertiary/aromatic N) is 1. The van der Waals surface area contributed by atoms with Crippen molar-refractivity contribution in [2.75, 3.05) is 19.1 Å². The molecule has 0 fully saturated rings. The summed E-state index contributed by atoms with van der Waals surface area (Å²) >= 11 is 0. The third-order valence-corrected chi connectivity index (χ3v) is 2.41. The van der Waals surface area contributed by atoms with Crippen molar-refractivity contribution in [2.24, 2.45) is 0 Å². The summed E-state index contributed by atoms with van der Waals surface area (Å²) < 4.78 is 5.10. The predicted molar refractivity (Wildman–Crippen MR) is 51.8 cm³/mol. The number of phenolic OH excluding ortho intramolecular Hbond substituents is 1. The Hall–Kier alpha value is -1.71. The second-order valence-corrected chi connectivity index (χ2v) is 3.29. The summed E-state index contributed by atoms with van der Waals surface area (Å²) in [5.74, 6) is 0.681. The average Bonchev–Trinajstić information content (AvgIpc) is 2.41. The molecule has 1 amide bonds. The Kier molecular flexibility index (Phi) is 1.84. The van der Waals surface area contributed by atoms with Crippen molar-refractivity contribution in [1.29, 1.82) is 0 Å². The monoisotopic (exact) mass is 193 g/mol. The molecule has 74 valence electrons. The Labute approximate surface area is 81.7 Å². The molecule has 1 aliphatic heterocycles. The minimum atomic E-state index is 0.0175. The zero-order chi connectivity index (χ0) is 10.3. The van der Waals surface area contributed by atoms with E-state index >= 15 is 0 Å². The van der Waals surface area contributed by atoms with E-state index in [2.05, 4.69) is 0 Å². The van der Waals surface area contributed by atoms with Gasteiger partial charge >= 0.3 is 0 Å². The molecule has 1 aliphatic rings. The Balaban J connectivity index is 2.61. The predicted octanol–water partition coefficient (Wildman–Crippen LogP) is 0.920. The first-order valence-electron chi connectivity index (χ1n) is 4.30. The number of rotatable bonds is 1. The van der Waals surface area contributed by atoms with Gasteiger partial charge in [-0.1, -0.05) is 0 Å². The van der Waals surface area contributed by atoms with Gasteiger partial charge in [-0.2, -0.15) is 0 Å². The third kappa shape index (κ3) is 1.11. The summed E-state index contributed by atoms with van der Waals surface area (Å²) in [6.45, 7) is 0. The molecule has 1 N–H and O–H groups in total. The molecule has 1 aromatic carbocycles. The number of hydrogen-bond donors (Lipinski definition) is 1. The number of aromatic hydroxyl groups is 1. The Morgan fingerprint density at radius 1 is 1.50 bits per heavy atom. The quantitative estimate of drug-likeness (QED) is 0.721. The molecule has 1 aromatic rings. The molecular formula is C10H11NO3. The van der Waals surface area contributed by atoms with E-state index in [9.17, 15) is 9.90 Å². The van der Waals surface area contributed by atoms with Crippen molar-refractivity contribution >= 4 is 11.6 Å². The Morgan fingerprint density at radius 2 is 2.21 bits per heavy atom. The molecule has 4 heteroatoms. The lowest BCUT2D eigenvalue weighted by Crippen LogP contribution is -2.21. The molecule has 4 nitrogen and oxygen atoms in total. The first kappa shape index (κ1) is 8.87. The number of anilines is 1. The molecule has 0 saturated carbocycles. The fourth-order valence-electron chi connectivity index (χ4n) is 1.73. The maximum Gasteiger partial charge on any atom is 0.231 e. The molecule has 0 atom stereocenters. The number of amides is 1. The van der Waals surface area contributed by atoms with Gasteiger partial charge in [0.25, 0.3) is 0 Å². The van der Waals surface area contributed by atoms with Gasteiger partial charge in [-0.25, -0.2) is 0 Å². The summed E-state index contributed by atoms with van der Waals surface area (Å²) in [4.78, 5) is 12.9. The highest BCUT2D eigenvalue weighted by Gasteiger charge is 2.28. The molecule has 2 rings (SSSR count). The third-order valence-electron chi connectivity index (χ3n) is 2.41. The fourth-order valence-corrected chi connectivity index (χ4v) is 1.73. The molecule has 0 unspecified atom stereocenters. The van der Waals surface area contributed by atoms with Crippen molar-refractivity contribution < 1.29 is 14.6 Å². The van der Waals surface area contributed by atoms with E-state index in [4.69, 9.17) is 4.74 Å². The summed E-state index contributed by atoms with van der Waals surface area (Å²) in [5, 5.41) is 9.37. The molecule has 0 aliphatic carbocycles. The molecule has 0 saturated heterocycles. The number of methoxy groups -OCH3 is 1. The van der Waals surface area contributed by atoms with Gasteiger partial charge in [0.05, 0.1) is 19.2 Å². The van der Waals surface area contributed by atoms with Gasteiger partial charge < -0.3 is 14.7 Å². The number of hydrogen-bond acceptors (Lipinski definition) is 3. The van der Waals surface area contributed by atoms with Crippen molar-refractivity contribution in [1.82, 2.24) is 0 Å². The van der Waals surface area contributed by atoms with Gasteiger partial charge in [0.1, 0.15) is 11.5 Å². The van der Waals surface area contributed by atoms with Gasteiger partial charge in [-0.05, 0) is 11.6 Å². The van der Waals surface area contributed by atoms with Gasteiger partial charge in [0.15, 0.2) is 0 Å². The maximum absolute atomic E-state index is 11.4. The molecule has 0 spiro atoms. The number of carbonyl (C=O) groups excluding carboxylic acids is 1. The number of benzene rings is 1. The van der Waals surface area contributed by atoms with Gasteiger partial charge in [-0.15, -0.1) is 0 Å². The molecule has 14 heavy (non-hydrogen) atoms. The van der Waals surface area contributed by atoms with Crippen molar-refractivity contribution in [3.8, 4) is 11.5 Å². The largest absolute Gasteiger partial charge is 0.508 e. The first-order chi connectivity index (χ1) is 6.63. The number of fused-ring (bicyclic) bond motifs is 1. The van der Waals surface area contributed by atoms with Crippen LogP contribution in [0.3, 0.4) is 0 Å². The summed E-state index contributed by atoms with van der Waals surface area (Å²) in [7, 11) is 3.22. The zero-order valence-electron chi connectivity index (χ0n) is 8.07. The van der Waals surface area contributed by atoms with Crippen LogP contribution in [0.2, 0.25) is 0 Å². The van der Waals surface area contributed by atoms with E-state index < -0.39 is 0 Å². The van der Waals surface area contributed by atoms with Crippen LogP contribution in [0.25, 0.3) is 0 Å². The minimum Gasteiger partial charge on any atom is -0.508 e. The van der Waals surface area contributed by atoms with Crippen LogP contribution in [-0.2, 0) is 11.2 Å². The summed E-state index contributed by atoms with van der Waals surface area (Å²) in [6.07, 6.45) is 0.330. The van der Waals surface area contributed by atoms with Crippen LogP contribution < -0.4 is 9.64 Å². The summed E-state index contributed by atoms with van der Waals surface area (Å²) in [6, 6.07) is 3.10. The lowest BCUT2D eigenvalue weighted by atomic mass is 10.1. The highest BCUT2D eigenvalue weighted by atomic mass is 16.5. The fraction of sp³-hybridized carbons (Fsp3) is 0.300. The lowest BCUT2D eigenvalue weighted by Gasteiger charge is -2.14. The maximum atomic E-state index is 11.4. The topological polar surface area (TPSA) is 49.8 Å². The van der Waals surface area contributed by atoms with Crippen LogP contribution >= 0.6 is 0 Å². The Morgan fingerprint density at radius 3 is 2.86 bits per heavy atom. The molecule has 0 bridgehead atoms. The lowest BCUT2D eigenvalue weighted by molar-refractivity contribution is -0.117. The number of ether oxygens (including phenoxy) is 1. The van der Waals surface area contributed by atoms with Crippen molar-refractivity contribution in [3.63, 3.8) is 0 Å². The van der Waals surface area contributed by atoms with Crippen LogP contribution in [0.1, 0.15) is 5.56 Å². The van der Waals surface area contributed by atoms with Gasteiger partial charge in [-0.3, -0.25) is 4.79 Å². The molecular weight excluding hydrogens is 182 g/mol. The van der Waals surface area contributed by atoms with Crippen LogP contribution in [-0.4, -0.2) is 25.2 Å². The van der Waals surface area contributed by atoms with E-state index in [1.807, 2.05) is 0 Å². The highest BCUT2D eigenvalue weighted by molar-refractivity contribution is 6.02. The van der Waals surface area contributed by atoms with Crippen LogP contribution in [0.15, 0.2) is 12.1 Å². The highest BCUT2D eigenvalue weighted by Crippen LogP contribution is 2.39. The average molecular weight is 193 g/mol. The van der Waals surface area contributed by atoms with E-state index in [0.717, 1.165) is 11.3 Å². The van der Waals surface area contributed by atoms with Crippen molar-refractivity contribution in [2.45, 2.75) is 6.42 Å². The van der Waals surface area contributed by atoms with Crippen molar-refractivity contribution in [3.05, 3.63) is 17.7 Å². The van der Waals surface area contributed by atoms with E-state index in [-0.39, 0.29) is 11.7 Å². The van der Waals surface area contributed by atoms with Crippen LogP contribution in [0.4, 0.5) is 5.69 Å². The van der Waals surface area contributed by atoms with Crippen LogP contribution in [0.5, 0.6) is 11.5 Å². The molecule has 0 aromatic heterocycles. The van der Waals surface area contributed by atoms with E-state index in [1.165, 1.54) is 13.2 Å². The smallest absolute Gasteiger partial charge is 0.231 e.